The molecule has 10 heteroatoms. The second-order valence-electron chi connectivity index (χ2n) is 7.00. The highest BCUT2D eigenvalue weighted by molar-refractivity contribution is 8.79. The van der Waals surface area contributed by atoms with Crippen molar-refractivity contribution >= 4 is 99.4 Å². The van der Waals surface area contributed by atoms with E-state index in [0.29, 0.717) is 4.90 Å². The highest BCUT2D eigenvalue weighted by atomic mass is 36.2. The summed E-state index contributed by atoms with van der Waals surface area (Å²) in [6.45, 7) is 0. The van der Waals surface area contributed by atoms with Gasteiger partial charge in [0.15, 0.2) is 0 Å². The van der Waals surface area contributed by atoms with E-state index in [1.165, 1.54) is 0 Å². The van der Waals surface area contributed by atoms with Crippen LogP contribution in [0.3, 0.4) is 0 Å². The van der Waals surface area contributed by atoms with Gasteiger partial charge in [0.2, 0.25) is 0 Å². The van der Waals surface area contributed by atoms with Crippen molar-refractivity contribution in [1.29, 1.82) is 0 Å². The molecule has 0 atom stereocenters. The van der Waals surface area contributed by atoms with Crippen LogP contribution in [0.15, 0.2) is 87.5 Å². The Kier molecular flexibility index (Phi) is 8.63. The Balaban J connectivity index is 2.08. The molecule has 0 unspecified atom stereocenters. The van der Waals surface area contributed by atoms with Gasteiger partial charge in [-0.25, -0.2) is 0 Å². The van der Waals surface area contributed by atoms with Crippen LogP contribution in [0.1, 0.15) is 22.6 Å². The summed E-state index contributed by atoms with van der Waals surface area (Å²) in [7, 11) is 37.6. The SMILES string of the molecule is CS(Cl)(Cl)c1ccc(C(c2ccc(S(C)(Cl)Cl)cc2)c2ccc(S(Cl)(Cl)Cl)cc2)cc1. The lowest BCUT2D eigenvalue weighted by Crippen LogP contribution is -2.04. The van der Waals surface area contributed by atoms with Crippen molar-refractivity contribution < 1.29 is 0 Å². The minimum atomic E-state index is -2.35. The molecule has 0 aliphatic rings. The molecular weight excluding hydrogens is 597 g/mol. The van der Waals surface area contributed by atoms with Crippen molar-refractivity contribution in [3.05, 3.63) is 89.5 Å². The third-order valence-corrected chi connectivity index (χ3v) is 11.5. The highest BCUT2D eigenvalue weighted by Gasteiger charge is 2.22. The van der Waals surface area contributed by atoms with E-state index >= 15 is 0 Å². The summed E-state index contributed by atoms with van der Waals surface area (Å²) in [4.78, 5) is 2.51. The molecule has 3 rings (SSSR count). The average molecular weight is 616 g/mol. The molecule has 0 spiro atoms. The Morgan fingerprint density at radius 1 is 0.452 bits per heavy atom. The topological polar surface area (TPSA) is 0 Å². The minimum Gasteiger partial charge on any atom is -0.0597 e. The number of hydrogen-bond acceptors (Lipinski definition) is 0. The smallest absolute Gasteiger partial charge is 0.0340 e. The molecule has 3 aromatic carbocycles. The van der Waals surface area contributed by atoms with Crippen LogP contribution in [0.2, 0.25) is 0 Å². The zero-order chi connectivity index (χ0) is 23.0. The summed E-state index contributed by atoms with van der Waals surface area (Å²) in [5, 5.41) is 0. The predicted octanol–water partition coefficient (Wildman–Crippen LogP) is 11.7. The van der Waals surface area contributed by atoms with Crippen molar-refractivity contribution in [2.45, 2.75) is 20.6 Å². The first-order valence-corrected chi connectivity index (χ1v) is 20.3. The standard InChI is InChI=1S/C21H19Cl7S3/c1-29(22,23)18-9-3-15(4-10-18)21(16-5-11-19(12-6-16)30(2,24)25)17-7-13-20(14-8-17)31(26,27)28/h3-14,21H,1-2H3. The summed E-state index contributed by atoms with van der Waals surface area (Å²) in [5.74, 6) is -0.0404. The average Bonchev–Trinajstić information content (AvgIpc) is 2.67. The number of halogens is 7. The monoisotopic (exact) mass is 612 g/mol. The first kappa shape index (κ1) is 26.3. The Hall–Kier alpha value is 0.740. The van der Waals surface area contributed by atoms with E-state index in [4.69, 9.17) is 74.8 Å². The normalized spacial score (nSPS) is 14.5. The summed E-state index contributed by atoms with van der Waals surface area (Å²) < 4.78 is 0. The molecule has 0 saturated carbocycles. The van der Waals surface area contributed by atoms with E-state index < -0.39 is 24.6 Å². The summed E-state index contributed by atoms with van der Waals surface area (Å²) in [6.07, 6.45) is 3.66. The van der Waals surface area contributed by atoms with Crippen LogP contribution < -0.4 is 0 Å². The molecule has 0 aliphatic heterocycles. The molecule has 0 bridgehead atoms. The third-order valence-electron chi connectivity index (χ3n) is 4.74. The van der Waals surface area contributed by atoms with Crippen LogP contribution in [-0.2, 0) is 0 Å². The second-order valence-corrected chi connectivity index (χ2v) is 26.1. The predicted molar refractivity (Wildman–Crippen MR) is 151 cm³/mol. The second kappa shape index (κ2) is 10.2. The van der Waals surface area contributed by atoms with Gasteiger partial charge >= 0.3 is 0 Å². The van der Waals surface area contributed by atoms with Gasteiger partial charge in [0.05, 0.1) is 0 Å². The van der Waals surface area contributed by atoms with Gasteiger partial charge in [0.25, 0.3) is 0 Å². The number of rotatable bonds is 6. The van der Waals surface area contributed by atoms with E-state index in [9.17, 15) is 0 Å². The molecule has 170 valence electrons. The number of hydrogen-bond donors (Lipinski definition) is 0. The Labute approximate surface area is 219 Å². The third kappa shape index (κ3) is 6.88. The summed E-state index contributed by atoms with van der Waals surface area (Å²) >= 11 is 0. The molecule has 0 fully saturated rings. The van der Waals surface area contributed by atoms with Gasteiger partial charge in [-0.2, -0.15) is 0 Å². The molecule has 0 radical (unpaired) electrons. The Bertz CT molecular complexity index is 881. The largest absolute Gasteiger partial charge is 0.0597 e. The first-order chi connectivity index (χ1) is 14.3. The van der Waals surface area contributed by atoms with Crippen molar-refractivity contribution in [3.63, 3.8) is 0 Å². The van der Waals surface area contributed by atoms with E-state index in [1.807, 2.05) is 61.0 Å². The minimum absolute atomic E-state index is 0.0404. The molecule has 3 aromatic rings. The maximum atomic E-state index is 6.34. The lowest BCUT2D eigenvalue weighted by atomic mass is 9.85. The summed E-state index contributed by atoms with van der Waals surface area (Å²) in [6, 6.07) is 23.8. The van der Waals surface area contributed by atoms with Crippen molar-refractivity contribution in [3.8, 4) is 0 Å². The Morgan fingerprint density at radius 3 is 0.935 bits per heavy atom. The maximum absolute atomic E-state index is 6.34. The van der Waals surface area contributed by atoms with Crippen LogP contribution in [0.25, 0.3) is 0 Å². The molecule has 31 heavy (non-hydrogen) atoms. The molecule has 0 saturated heterocycles. The quantitative estimate of drug-likeness (QED) is 0.242. The van der Waals surface area contributed by atoms with Crippen LogP contribution in [-0.4, -0.2) is 12.5 Å². The molecule has 0 heterocycles. The van der Waals surface area contributed by atoms with Crippen molar-refractivity contribution in [2.24, 2.45) is 0 Å². The van der Waals surface area contributed by atoms with Gasteiger partial charge in [-0.1, -0.05) is 53.3 Å². The van der Waals surface area contributed by atoms with Gasteiger partial charge in [-0.05, 0) is 140 Å². The van der Waals surface area contributed by atoms with Crippen molar-refractivity contribution in [1.82, 2.24) is 0 Å². The van der Waals surface area contributed by atoms with Crippen LogP contribution in [0.5, 0.6) is 0 Å². The molecule has 0 nitrogen and oxygen atoms in total. The number of benzene rings is 3. The lowest BCUT2D eigenvalue weighted by molar-refractivity contribution is 0.968. The fourth-order valence-corrected chi connectivity index (χ4v) is 7.02. The van der Waals surface area contributed by atoms with E-state index in [-0.39, 0.29) is 5.92 Å². The lowest BCUT2D eigenvalue weighted by Gasteiger charge is -2.24. The Morgan fingerprint density at radius 2 is 0.710 bits per heavy atom. The van der Waals surface area contributed by atoms with Gasteiger partial charge < -0.3 is 0 Å². The van der Waals surface area contributed by atoms with Gasteiger partial charge in [-0.3, -0.25) is 0 Å². The molecule has 0 aromatic heterocycles. The van der Waals surface area contributed by atoms with Crippen LogP contribution in [0, 0.1) is 0 Å². The molecule has 0 aliphatic carbocycles. The van der Waals surface area contributed by atoms with E-state index in [0.717, 1.165) is 26.5 Å². The fraction of sp³-hybridized carbons (Fsp3) is 0.143. The molecular formula is C21H19Cl7S3. The summed E-state index contributed by atoms with van der Waals surface area (Å²) in [5.41, 5.74) is 3.25. The van der Waals surface area contributed by atoms with Gasteiger partial charge in [0.1, 0.15) is 0 Å². The van der Waals surface area contributed by atoms with Crippen molar-refractivity contribution in [2.75, 3.05) is 12.5 Å². The van der Waals surface area contributed by atoms with Gasteiger partial charge in [0, 0.05) is 28.3 Å². The molecule has 0 N–H and O–H groups in total. The maximum Gasteiger partial charge on any atom is 0.0340 e. The first-order valence-electron chi connectivity index (χ1n) is 8.84. The van der Waals surface area contributed by atoms with E-state index in [2.05, 4.69) is 24.3 Å². The van der Waals surface area contributed by atoms with Crippen LogP contribution >= 0.6 is 99.4 Å². The van der Waals surface area contributed by atoms with E-state index in [1.54, 1.807) is 0 Å². The molecule has 0 amide bonds. The van der Waals surface area contributed by atoms with Gasteiger partial charge in [-0.15, -0.1) is 0 Å². The zero-order valence-electron chi connectivity index (χ0n) is 16.4. The fourth-order valence-electron chi connectivity index (χ4n) is 3.19. The van der Waals surface area contributed by atoms with Crippen LogP contribution in [0.4, 0.5) is 0 Å². The zero-order valence-corrected chi connectivity index (χ0v) is 24.1. The highest BCUT2D eigenvalue weighted by Crippen LogP contribution is 2.69.